The third kappa shape index (κ3) is 4.38. The van der Waals surface area contributed by atoms with Gasteiger partial charge in [-0.1, -0.05) is 23.5 Å². The topological polar surface area (TPSA) is 51.7 Å². The molecule has 1 aliphatic rings. The van der Waals surface area contributed by atoms with Gasteiger partial charge in [-0.3, -0.25) is 0 Å². The van der Waals surface area contributed by atoms with Crippen LogP contribution in [0, 0.1) is 5.92 Å². The minimum atomic E-state index is -0.457. The lowest BCUT2D eigenvalue weighted by Gasteiger charge is -2.33. The molecule has 2 aromatic rings. The molecule has 130 valence electrons. The summed E-state index contributed by atoms with van der Waals surface area (Å²) in [5.41, 5.74) is 0.512. The number of piperidine rings is 1. The Morgan fingerprint density at radius 2 is 2.17 bits per heavy atom. The number of benzene rings is 1. The largest absolute Gasteiger partial charge is 0.470 e. The van der Waals surface area contributed by atoms with E-state index in [1.165, 1.54) is 0 Å². The molecule has 0 N–H and O–H groups in total. The predicted molar refractivity (Wildman–Crippen MR) is 95.6 cm³/mol. The van der Waals surface area contributed by atoms with Crippen LogP contribution in [0.5, 0.6) is 5.19 Å². The van der Waals surface area contributed by atoms with Crippen molar-refractivity contribution in [3.8, 4) is 5.19 Å². The second kappa shape index (κ2) is 6.97. The fourth-order valence-electron chi connectivity index (χ4n) is 2.80. The molecule has 1 aromatic heterocycles. The lowest BCUT2D eigenvalue weighted by molar-refractivity contribution is 0.0139. The Balaban J connectivity index is 1.54. The van der Waals surface area contributed by atoms with Gasteiger partial charge < -0.3 is 14.4 Å². The summed E-state index contributed by atoms with van der Waals surface area (Å²) < 4.78 is 12.5. The number of carbonyl (C=O) groups is 1. The van der Waals surface area contributed by atoms with Crippen LogP contribution in [0.1, 0.15) is 33.6 Å². The highest BCUT2D eigenvalue weighted by Gasteiger charge is 2.28. The number of carbonyl (C=O) groups excluding carboxylic acids is 1. The summed E-state index contributed by atoms with van der Waals surface area (Å²) >= 11 is 1.56. The van der Waals surface area contributed by atoms with Crippen LogP contribution in [-0.4, -0.2) is 41.3 Å². The van der Waals surface area contributed by atoms with Gasteiger partial charge in [0.15, 0.2) is 0 Å². The van der Waals surface area contributed by atoms with Crippen molar-refractivity contribution in [2.24, 2.45) is 5.92 Å². The second-order valence-electron chi connectivity index (χ2n) is 7.19. The lowest BCUT2D eigenvalue weighted by atomic mass is 9.99. The van der Waals surface area contributed by atoms with Crippen LogP contribution in [0.2, 0.25) is 0 Å². The summed E-state index contributed by atoms with van der Waals surface area (Å²) in [6.07, 6.45) is 1.81. The molecule has 1 saturated heterocycles. The molecule has 0 saturated carbocycles. The molecule has 0 bridgehead atoms. The van der Waals surface area contributed by atoms with Crippen molar-refractivity contribution in [3.05, 3.63) is 24.3 Å². The predicted octanol–water partition coefficient (Wildman–Crippen LogP) is 4.32. The fraction of sp³-hybridized carbons (Fsp3) is 0.556. The molecule has 1 fully saturated rings. The highest BCUT2D eigenvalue weighted by atomic mass is 32.1. The van der Waals surface area contributed by atoms with Crippen molar-refractivity contribution in [2.45, 2.75) is 39.2 Å². The highest BCUT2D eigenvalue weighted by molar-refractivity contribution is 7.20. The maximum absolute atomic E-state index is 12.2. The van der Waals surface area contributed by atoms with Crippen molar-refractivity contribution in [2.75, 3.05) is 19.7 Å². The van der Waals surface area contributed by atoms with Gasteiger partial charge in [-0.05, 0) is 45.7 Å². The molecule has 5 nitrogen and oxygen atoms in total. The van der Waals surface area contributed by atoms with Crippen LogP contribution in [-0.2, 0) is 4.74 Å². The standard InChI is InChI=1S/C18H24N2O3S/c1-18(2,3)23-17(21)20-10-6-7-13(11-20)12-22-16-19-14-8-4-5-9-15(14)24-16/h4-5,8-9,13H,6-7,10-12H2,1-3H3/t13-/m1/s1. The summed E-state index contributed by atoms with van der Waals surface area (Å²) in [6, 6.07) is 8.02. The van der Waals surface area contributed by atoms with E-state index < -0.39 is 5.60 Å². The summed E-state index contributed by atoms with van der Waals surface area (Å²) in [6.45, 7) is 7.69. The first-order valence-corrected chi connectivity index (χ1v) is 9.19. The van der Waals surface area contributed by atoms with E-state index in [9.17, 15) is 4.79 Å². The molecule has 0 spiro atoms. The van der Waals surface area contributed by atoms with Gasteiger partial charge >= 0.3 is 6.09 Å². The zero-order chi connectivity index (χ0) is 17.2. The summed E-state index contributed by atoms with van der Waals surface area (Å²) in [4.78, 5) is 18.5. The van der Waals surface area contributed by atoms with Gasteiger partial charge in [0.1, 0.15) is 5.60 Å². The first-order chi connectivity index (χ1) is 11.4. The van der Waals surface area contributed by atoms with E-state index in [0.717, 1.165) is 29.6 Å². The molecule has 0 aliphatic carbocycles. The van der Waals surface area contributed by atoms with E-state index in [1.807, 2.05) is 45.0 Å². The van der Waals surface area contributed by atoms with Gasteiger partial charge in [0.2, 0.25) is 0 Å². The van der Waals surface area contributed by atoms with Crippen LogP contribution < -0.4 is 4.74 Å². The number of hydrogen-bond acceptors (Lipinski definition) is 5. The summed E-state index contributed by atoms with van der Waals surface area (Å²) in [5, 5.41) is 0.700. The number of thiazole rings is 1. The Labute approximate surface area is 146 Å². The number of aromatic nitrogens is 1. The SMILES string of the molecule is CC(C)(C)OC(=O)N1CCC[C@@H](COc2nc3ccccc3s2)C1. The third-order valence-corrected chi connectivity index (χ3v) is 4.84. The van der Waals surface area contributed by atoms with E-state index in [-0.39, 0.29) is 6.09 Å². The zero-order valence-corrected chi connectivity index (χ0v) is 15.3. The van der Waals surface area contributed by atoms with Crippen molar-refractivity contribution < 1.29 is 14.3 Å². The maximum Gasteiger partial charge on any atom is 0.410 e. The molecule has 0 radical (unpaired) electrons. The number of para-hydroxylation sites is 1. The second-order valence-corrected chi connectivity index (χ2v) is 8.19. The van der Waals surface area contributed by atoms with Crippen LogP contribution in [0.4, 0.5) is 4.79 Å². The molecule has 1 aromatic carbocycles. The van der Waals surface area contributed by atoms with Crippen LogP contribution >= 0.6 is 11.3 Å². The number of amides is 1. The smallest absolute Gasteiger partial charge is 0.410 e. The molecule has 3 rings (SSSR count). The van der Waals surface area contributed by atoms with Gasteiger partial charge in [0, 0.05) is 19.0 Å². The number of nitrogens with zero attached hydrogens (tertiary/aromatic N) is 2. The van der Waals surface area contributed by atoms with Crippen LogP contribution in [0.25, 0.3) is 10.2 Å². The third-order valence-electron chi connectivity index (χ3n) is 3.89. The Morgan fingerprint density at radius 3 is 2.92 bits per heavy atom. The quantitative estimate of drug-likeness (QED) is 0.829. The van der Waals surface area contributed by atoms with Crippen molar-refractivity contribution >= 4 is 27.6 Å². The normalized spacial score (nSPS) is 18.6. The van der Waals surface area contributed by atoms with Gasteiger partial charge in [-0.15, -0.1) is 0 Å². The minimum Gasteiger partial charge on any atom is -0.470 e. The number of hydrogen-bond donors (Lipinski definition) is 0. The fourth-order valence-corrected chi connectivity index (χ4v) is 3.62. The lowest BCUT2D eigenvalue weighted by Crippen LogP contribution is -2.44. The number of fused-ring (bicyclic) bond motifs is 1. The van der Waals surface area contributed by atoms with Crippen LogP contribution in [0.15, 0.2) is 24.3 Å². The van der Waals surface area contributed by atoms with Gasteiger partial charge in [0.25, 0.3) is 5.19 Å². The molecule has 1 aliphatic heterocycles. The number of likely N-dealkylation sites (tertiary alicyclic amines) is 1. The molecular formula is C18H24N2O3S. The first kappa shape index (κ1) is 17.0. The Hall–Kier alpha value is -1.82. The Bertz CT molecular complexity index is 675. The van der Waals surface area contributed by atoms with E-state index in [0.29, 0.717) is 24.3 Å². The average Bonchev–Trinajstić information content (AvgIpc) is 2.94. The van der Waals surface area contributed by atoms with Crippen molar-refractivity contribution in [1.29, 1.82) is 0 Å². The highest BCUT2D eigenvalue weighted by Crippen LogP contribution is 2.28. The monoisotopic (exact) mass is 348 g/mol. The van der Waals surface area contributed by atoms with E-state index in [2.05, 4.69) is 4.98 Å². The summed E-state index contributed by atoms with van der Waals surface area (Å²) in [5.74, 6) is 0.318. The molecule has 1 atom stereocenters. The molecule has 6 heteroatoms. The van der Waals surface area contributed by atoms with Gasteiger partial charge in [0.05, 0.1) is 16.8 Å². The Morgan fingerprint density at radius 1 is 1.38 bits per heavy atom. The molecular weight excluding hydrogens is 324 g/mol. The molecule has 0 unspecified atom stereocenters. The molecule has 2 heterocycles. The molecule has 24 heavy (non-hydrogen) atoms. The van der Waals surface area contributed by atoms with Gasteiger partial charge in [-0.2, -0.15) is 0 Å². The van der Waals surface area contributed by atoms with Crippen LogP contribution in [0.3, 0.4) is 0 Å². The van der Waals surface area contributed by atoms with Crippen molar-refractivity contribution in [3.63, 3.8) is 0 Å². The van der Waals surface area contributed by atoms with Crippen molar-refractivity contribution in [1.82, 2.24) is 9.88 Å². The molecule has 1 amide bonds. The Kier molecular flexibility index (Phi) is 4.94. The zero-order valence-electron chi connectivity index (χ0n) is 14.4. The maximum atomic E-state index is 12.2. The van der Waals surface area contributed by atoms with E-state index >= 15 is 0 Å². The first-order valence-electron chi connectivity index (χ1n) is 8.37. The minimum absolute atomic E-state index is 0.229. The van der Waals surface area contributed by atoms with E-state index in [1.54, 1.807) is 16.2 Å². The number of rotatable bonds is 3. The summed E-state index contributed by atoms with van der Waals surface area (Å²) in [7, 11) is 0. The van der Waals surface area contributed by atoms with Gasteiger partial charge in [-0.25, -0.2) is 9.78 Å². The number of ether oxygens (including phenoxy) is 2. The average molecular weight is 348 g/mol. The van der Waals surface area contributed by atoms with E-state index in [4.69, 9.17) is 9.47 Å².